The molecule has 0 aromatic heterocycles. The Hall–Kier alpha value is -1.00. The molecular formula is C14H21NO2S. The van der Waals surface area contributed by atoms with Gasteiger partial charge in [0.2, 0.25) is 0 Å². The Bertz CT molecular complexity index is 387. The third-order valence-corrected chi connectivity index (χ3v) is 3.58. The van der Waals surface area contributed by atoms with E-state index >= 15 is 0 Å². The lowest BCUT2D eigenvalue weighted by molar-refractivity contribution is -0.147. The second-order valence-electron chi connectivity index (χ2n) is 4.64. The molecule has 0 aliphatic carbocycles. The van der Waals surface area contributed by atoms with Gasteiger partial charge in [-0.25, -0.2) is 0 Å². The van der Waals surface area contributed by atoms with Crippen LogP contribution in [-0.4, -0.2) is 31.4 Å². The van der Waals surface area contributed by atoms with Crippen molar-refractivity contribution in [3.63, 3.8) is 0 Å². The Morgan fingerprint density at radius 3 is 2.44 bits per heavy atom. The van der Waals surface area contributed by atoms with Gasteiger partial charge in [0.25, 0.3) is 0 Å². The van der Waals surface area contributed by atoms with Gasteiger partial charge in [0.1, 0.15) is 5.54 Å². The molecular weight excluding hydrogens is 246 g/mol. The lowest BCUT2D eigenvalue weighted by Gasteiger charge is -2.23. The van der Waals surface area contributed by atoms with Crippen LogP contribution in [0.1, 0.15) is 19.4 Å². The van der Waals surface area contributed by atoms with Gasteiger partial charge in [-0.15, -0.1) is 11.8 Å². The number of nitrogens with one attached hydrogen (secondary N) is 1. The lowest BCUT2D eigenvalue weighted by atomic mass is 10.1. The first-order chi connectivity index (χ1) is 8.49. The molecule has 3 nitrogen and oxygen atoms in total. The molecule has 0 aliphatic rings. The summed E-state index contributed by atoms with van der Waals surface area (Å²) in [5.41, 5.74) is 0.634. The summed E-state index contributed by atoms with van der Waals surface area (Å²) in [4.78, 5) is 12.7. The average molecular weight is 267 g/mol. The van der Waals surface area contributed by atoms with Gasteiger partial charge < -0.3 is 10.1 Å². The zero-order valence-electron chi connectivity index (χ0n) is 11.4. The van der Waals surface area contributed by atoms with Crippen molar-refractivity contribution in [3.8, 4) is 0 Å². The molecule has 1 aromatic rings. The number of hydrogen-bond donors (Lipinski definition) is 1. The molecule has 0 unspecified atom stereocenters. The Morgan fingerprint density at radius 1 is 1.33 bits per heavy atom. The van der Waals surface area contributed by atoms with E-state index in [1.807, 2.05) is 13.8 Å². The van der Waals surface area contributed by atoms with Crippen molar-refractivity contribution in [3.05, 3.63) is 29.8 Å². The summed E-state index contributed by atoms with van der Waals surface area (Å²) in [6, 6.07) is 8.48. The van der Waals surface area contributed by atoms with E-state index in [1.54, 1.807) is 11.8 Å². The van der Waals surface area contributed by atoms with Crippen molar-refractivity contribution in [1.82, 2.24) is 5.32 Å². The fourth-order valence-corrected chi connectivity index (χ4v) is 2.05. The molecule has 0 saturated heterocycles. The van der Waals surface area contributed by atoms with Crippen LogP contribution in [0.2, 0.25) is 0 Å². The maximum atomic E-state index is 11.5. The molecule has 0 aliphatic heterocycles. The van der Waals surface area contributed by atoms with Gasteiger partial charge in [0.05, 0.1) is 7.11 Å². The number of methoxy groups -OCH3 is 1. The molecule has 0 atom stereocenters. The van der Waals surface area contributed by atoms with Crippen LogP contribution < -0.4 is 5.32 Å². The van der Waals surface area contributed by atoms with Crippen LogP contribution in [0.15, 0.2) is 29.2 Å². The van der Waals surface area contributed by atoms with E-state index in [0.717, 1.165) is 13.0 Å². The van der Waals surface area contributed by atoms with Crippen molar-refractivity contribution in [2.75, 3.05) is 19.9 Å². The van der Waals surface area contributed by atoms with Crippen LogP contribution in [-0.2, 0) is 16.0 Å². The third kappa shape index (κ3) is 4.35. The quantitative estimate of drug-likeness (QED) is 0.635. The first-order valence-corrected chi connectivity index (χ1v) is 7.18. The molecule has 0 fully saturated rings. The summed E-state index contributed by atoms with van der Waals surface area (Å²) in [5, 5.41) is 3.21. The molecule has 0 bridgehead atoms. The van der Waals surface area contributed by atoms with E-state index in [1.165, 1.54) is 17.6 Å². The van der Waals surface area contributed by atoms with E-state index in [4.69, 9.17) is 4.74 Å². The fourth-order valence-electron chi connectivity index (χ4n) is 1.64. The Morgan fingerprint density at radius 2 is 1.94 bits per heavy atom. The highest BCUT2D eigenvalue weighted by Crippen LogP contribution is 2.15. The van der Waals surface area contributed by atoms with Crippen molar-refractivity contribution >= 4 is 17.7 Å². The molecule has 0 radical (unpaired) electrons. The minimum Gasteiger partial charge on any atom is -0.468 e. The van der Waals surface area contributed by atoms with E-state index in [-0.39, 0.29) is 5.97 Å². The molecule has 1 rings (SSSR count). The SMILES string of the molecule is COC(=O)C(C)(C)NCCc1ccc(SC)cc1. The highest BCUT2D eigenvalue weighted by molar-refractivity contribution is 7.98. The minimum atomic E-state index is -0.631. The van der Waals surface area contributed by atoms with Crippen molar-refractivity contribution < 1.29 is 9.53 Å². The van der Waals surface area contributed by atoms with Gasteiger partial charge in [-0.2, -0.15) is 0 Å². The topological polar surface area (TPSA) is 38.3 Å². The predicted molar refractivity (Wildman–Crippen MR) is 76.0 cm³/mol. The molecule has 18 heavy (non-hydrogen) atoms. The standard InChI is InChI=1S/C14H21NO2S/c1-14(2,13(16)17-3)15-10-9-11-5-7-12(18-4)8-6-11/h5-8,15H,9-10H2,1-4H3. The Balaban J connectivity index is 2.43. The zero-order valence-corrected chi connectivity index (χ0v) is 12.3. The maximum absolute atomic E-state index is 11.5. The van der Waals surface area contributed by atoms with Crippen LogP contribution >= 0.6 is 11.8 Å². The summed E-state index contributed by atoms with van der Waals surface area (Å²) in [6.45, 7) is 4.41. The number of hydrogen-bond acceptors (Lipinski definition) is 4. The number of thioether (sulfide) groups is 1. The highest BCUT2D eigenvalue weighted by Gasteiger charge is 2.27. The van der Waals surface area contributed by atoms with Gasteiger partial charge in [0.15, 0.2) is 0 Å². The normalized spacial score (nSPS) is 11.3. The Kier molecular flexibility index (Phi) is 5.69. The number of rotatable bonds is 6. The fraction of sp³-hybridized carbons (Fsp3) is 0.500. The average Bonchev–Trinajstić information content (AvgIpc) is 2.38. The first-order valence-electron chi connectivity index (χ1n) is 5.96. The Labute approximate surface area is 113 Å². The van der Waals surface area contributed by atoms with E-state index < -0.39 is 5.54 Å². The molecule has 1 aromatic carbocycles. The summed E-state index contributed by atoms with van der Waals surface area (Å²) in [7, 11) is 1.41. The van der Waals surface area contributed by atoms with Gasteiger partial charge in [-0.3, -0.25) is 4.79 Å². The van der Waals surface area contributed by atoms with Crippen molar-refractivity contribution in [2.45, 2.75) is 30.7 Å². The minimum absolute atomic E-state index is 0.236. The van der Waals surface area contributed by atoms with Crippen molar-refractivity contribution in [2.24, 2.45) is 0 Å². The molecule has 0 heterocycles. The number of carbonyl (C=O) groups is 1. The molecule has 4 heteroatoms. The van der Waals surface area contributed by atoms with Crippen LogP contribution in [0.25, 0.3) is 0 Å². The van der Waals surface area contributed by atoms with Gasteiger partial charge in [-0.05, 0) is 44.2 Å². The molecule has 0 amide bonds. The van der Waals surface area contributed by atoms with Crippen LogP contribution in [0, 0.1) is 0 Å². The van der Waals surface area contributed by atoms with Gasteiger partial charge in [0, 0.05) is 11.4 Å². The van der Waals surface area contributed by atoms with Gasteiger partial charge in [-0.1, -0.05) is 12.1 Å². The van der Waals surface area contributed by atoms with Gasteiger partial charge >= 0.3 is 5.97 Å². The van der Waals surface area contributed by atoms with E-state index in [0.29, 0.717) is 0 Å². The summed E-state index contributed by atoms with van der Waals surface area (Å²) in [5.74, 6) is -0.236. The van der Waals surface area contributed by atoms with Crippen molar-refractivity contribution in [1.29, 1.82) is 0 Å². The number of ether oxygens (including phenoxy) is 1. The summed E-state index contributed by atoms with van der Waals surface area (Å²) in [6.07, 6.45) is 2.96. The lowest BCUT2D eigenvalue weighted by Crippen LogP contribution is -2.48. The van der Waals surface area contributed by atoms with E-state index in [9.17, 15) is 4.79 Å². The largest absolute Gasteiger partial charge is 0.468 e. The summed E-state index contributed by atoms with van der Waals surface area (Å²) >= 11 is 1.74. The number of carbonyl (C=O) groups excluding carboxylic acids is 1. The molecule has 0 spiro atoms. The highest BCUT2D eigenvalue weighted by atomic mass is 32.2. The molecule has 1 N–H and O–H groups in total. The second kappa shape index (κ2) is 6.81. The maximum Gasteiger partial charge on any atom is 0.325 e. The predicted octanol–water partition coefficient (Wildman–Crippen LogP) is 2.49. The number of esters is 1. The van der Waals surface area contributed by atoms with Crippen LogP contribution in [0.3, 0.4) is 0 Å². The molecule has 0 saturated carbocycles. The smallest absolute Gasteiger partial charge is 0.325 e. The molecule has 100 valence electrons. The van der Waals surface area contributed by atoms with Crippen LogP contribution in [0.5, 0.6) is 0 Å². The second-order valence-corrected chi connectivity index (χ2v) is 5.52. The first kappa shape index (κ1) is 15.1. The summed E-state index contributed by atoms with van der Waals surface area (Å²) < 4.78 is 4.74. The van der Waals surface area contributed by atoms with E-state index in [2.05, 4.69) is 35.8 Å². The third-order valence-electron chi connectivity index (χ3n) is 2.84. The zero-order chi connectivity index (χ0) is 13.6. The van der Waals surface area contributed by atoms with Crippen LogP contribution in [0.4, 0.5) is 0 Å². The number of benzene rings is 1. The monoisotopic (exact) mass is 267 g/mol.